The number of ether oxygens (including phenoxy) is 1. The van der Waals surface area contributed by atoms with Crippen LogP contribution in [0.1, 0.15) is 11.1 Å². The zero-order chi connectivity index (χ0) is 12.3. The zero-order valence-corrected chi connectivity index (χ0v) is 10.4. The predicted molar refractivity (Wildman–Crippen MR) is 72.0 cm³/mol. The summed E-state index contributed by atoms with van der Waals surface area (Å²) in [7, 11) is 1.90. The molecule has 2 aromatic carbocycles. The van der Waals surface area contributed by atoms with Crippen molar-refractivity contribution in [3.63, 3.8) is 0 Å². The number of benzene rings is 2. The molecule has 2 rings (SSSR count). The molecule has 0 aromatic heterocycles. The highest BCUT2D eigenvalue weighted by atomic mass is 16.5. The Labute approximate surface area is 102 Å². The molecule has 2 nitrogen and oxygen atoms in total. The minimum absolute atomic E-state index is 0.859. The Morgan fingerprint density at radius 3 is 2.29 bits per heavy atom. The van der Waals surface area contributed by atoms with Gasteiger partial charge < -0.3 is 10.1 Å². The second kappa shape index (κ2) is 4.91. The summed E-state index contributed by atoms with van der Waals surface area (Å²) < 4.78 is 5.86. The molecule has 0 atom stereocenters. The van der Waals surface area contributed by atoms with Crippen LogP contribution in [0.5, 0.6) is 11.5 Å². The Morgan fingerprint density at radius 2 is 1.65 bits per heavy atom. The molecular formula is C15H17NO. The van der Waals surface area contributed by atoms with Crippen molar-refractivity contribution in [2.45, 2.75) is 13.8 Å². The van der Waals surface area contributed by atoms with E-state index in [9.17, 15) is 0 Å². The molecule has 88 valence electrons. The van der Waals surface area contributed by atoms with E-state index in [1.165, 1.54) is 11.1 Å². The fraction of sp³-hybridized carbons (Fsp3) is 0.200. The third-order valence-corrected chi connectivity index (χ3v) is 2.93. The summed E-state index contributed by atoms with van der Waals surface area (Å²) >= 11 is 0. The van der Waals surface area contributed by atoms with E-state index in [1.807, 2.05) is 43.4 Å². The molecule has 0 bridgehead atoms. The second-order valence-electron chi connectivity index (χ2n) is 4.07. The zero-order valence-electron chi connectivity index (χ0n) is 10.4. The third kappa shape index (κ3) is 2.59. The summed E-state index contributed by atoms with van der Waals surface area (Å²) in [6, 6.07) is 14.0. The van der Waals surface area contributed by atoms with Crippen LogP contribution < -0.4 is 10.1 Å². The molecule has 0 aliphatic heterocycles. The highest BCUT2D eigenvalue weighted by molar-refractivity contribution is 5.47. The van der Waals surface area contributed by atoms with Gasteiger partial charge >= 0.3 is 0 Å². The maximum absolute atomic E-state index is 5.86. The summed E-state index contributed by atoms with van der Waals surface area (Å²) in [5, 5.41) is 3.08. The van der Waals surface area contributed by atoms with Gasteiger partial charge in [0.2, 0.25) is 0 Å². The van der Waals surface area contributed by atoms with Crippen LogP contribution >= 0.6 is 0 Å². The first-order valence-electron chi connectivity index (χ1n) is 5.72. The summed E-state index contributed by atoms with van der Waals surface area (Å²) in [6.07, 6.45) is 0. The van der Waals surface area contributed by atoms with Crippen molar-refractivity contribution in [3.8, 4) is 11.5 Å². The monoisotopic (exact) mass is 227 g/mol. The van der Waals surface area contributed by atoms with Gasteiger partial charge in [0.15, 0.2) is 0 Å². The molecule has 0 unspecified atom stereocenters. The molecule has 2 aromatic rings. The molecular weight excluding hydrogens is 210 g/mol. The number of hydrogen-bond acceptors (Lipinski definition) is 2. The van der Waals surface area contributed by atoms with Gasteiger partial charge in [-0.1, -0.05) is 12.1 Å². The summed E-state index contributed by atoms with van der Waals surface area (Å²) in [6.45, 7) is 4.17. The van der Waals surface area contributed by atoms with Crippen LogP contribution in [-0.4, -0.2) is 7.05 Å². The van der Waals surface area contributed by atoms with Crippen LogP contribution in [0.4, 0.5) is 5.69 Å². The van der Waals surface area contributed by atoms with Gasteiger partial charge in [-0.15, -0.1) is 0 Å². The molecule has 0 heterocycles. The van der Waals surface area contributed by atoms with E-state index in [-0.39, 0.29) is 0 Å². The number of rotatable bonds is 3. The smallest absolute Gasteiger partial charge is 0.130 e. The first-order chi connectivity index (χ1) is 8.20. The highest BCUT2D eigenvalue weighted by Crippen LogP contribution is 2.27. The largest absolute Gasteiger partial charge is 0.457 e. The molecule has 0 radical (unpaired) electrons. The van der Waals surface area contributed by atoms with Crippen LogP contribution in [0.2, 0.25) is 0 Å². The first-order valence-corrected chi connectivity index (χ1v) is 5.72. The average molecular weight is 227 g/mol. The third-order valence-electron chi connectivity index (χ3n) is 2.93. The lowest BCUT2D eigenvalue weighted by Crippen LogP contribution is -1.91. The molecule has 0 aliphatic rings. The number of hydrogen-bond donors (Lipinski definition) is 1. The van der Waals surface area contributed by atoms with E-state index in [2.05, 4.69) is 25.2 Å². The Kier molecular flexibility index (Phi) is 3.33. The molecule has 0 amide bonds. The topological polar surface area (TPSA) is 21.3 Å². The predicted octanol–water partition coefficient (Wildman–Crippen LogP) is 4.14. The molecule has 1 N–H and O–H groups in total. The minimum atomic E-state index is 0.859. The average Bonchev–Trinajstić information content (AvgIpc) is 2.36. The lowest BCUT2D eigenvalue weighted by molar-refractivity contribution is 0.478. The van der Waals surface area contributed by atoms with E-state index in [1.54, 1.807) is 0 Å². The molecule has 17 heavy (non-hydrogen) atoms. The van der Waals surface area contributed by atoms with Crippen LogP contribution in [0, 0.1) is 13.8 Å². The van der Waals surface area contributed by atoms with Crippen molar-refractivity contribution in [1.82, 2.24) is 0 Å². The van der Waals surface area contributed by atoms with Gasteiger partial charge in [-0.3, -0.25) is 0 Å². The number of nitrogens with one attached hydrogen (secondary N) is 1. The summed E-state index contributed by atoms with van der Waals surface area (Å²) in [4.78, 5) is 0. The number of anilines is 1. The second-order valence-corrected chi connectivity index (χ2v) is 4.07. The lowest BCUT2D eigenvalue weighted by atomic mass is 10.1. The molecule has 2 heteroatoms. The Balaban J connectivity index is 2.22. The van der Waals surface area contributed by atoms with Gasteiger partial charge in [0.25, 0.3) is 0 Å². The fourth-order valence-corrected chi connectivity index (χ4v) is 1.65. The summed E-state index contributed by atoms with van der Waals surface area (Å²) in [5.74, 6) is 1.78. The van der Waals surface area contributed by atoms with Crippen molar-refractivity contribution in [1.29, 1.82) is 0 Å². The van der Waals surface area contributed by atoms with E-state index < -0.39 is 0 Å². The lowest BCUT2D eigenvalue weighted by Gasteiger charge is -2.10. The minimum Gasteiger partial charge on any atom is -0.457 e. The quantitative estimate of drug-likeness (QED) is 0.851. The van der Waals surface area contributed by atoms with E-state index in [0.29, 0.717) is 0 Å². The van der Waals surface area contributed by atoms with Crippen molar-refractivity contribution in [2.24, 2.45) is 0 Å². The van der Waals surface area contributed by atoms with Crippen LogP contribution in [-0.2, 0) is 0 Å². The van der Waals surface area contributed by atoms with Crippen molar-refractivity contribution in [2.75, 3.05) is 12.4 Å². The molecule has 0 aliphatic carbocycles. The Bertz CT molecular complexity index is 503. The van der Waals surface area contributed by atoms with E-state index in [0.717, 1.165) is 17.2 Å². The van der Waals surface area contributed by atoms with Crippen molar-refractivity contribution < 1.29 is 4.74 Å². The van der Waals surface area contributed by atoms with E-state index in [4.69, 9.17) is 4.74 Å². The maximum atomic E-state index is 5.86. The fourth-order valence-electron chi connectivity index (χ4n) is 1.65. The van der Waals surface area contributed by atoms with Crippen molar-refractivity contribution in [3.05, 3.63) is 53.6 Å². The van der Waals surface area contributed by atoms with Gasteiger partial charge in [-0.2, -0.15) is 0 Å². The molecule has 0 saturated heterocycles. The van der Waals surface area contributed by atoms with Gasteiger partial charge in [0.05, 0.1) is 0 Å². The molecule has 0 fully saturated rings. The summed E-state index contributed by atoms with van der Waals surface area (Å²) in [5.41, 5.74) is 3.51. The van der Waals surface area contributed by atoms with Gasteiger partial charge in [0, 0.05) is 12.7 Å². The normalized spacial score (nSPS) is 10.1. The van der Waals surface area contributed by atoms with Gasteiger partial charge in [-0.05, 0) is 55.3 Å². The van der Waals surface area contributed by atoms with Crippen LogP contribution in [0.3, 0.4) is 0 Å². The van der Waals surface area contributed by atoms with Gasteiger partial charge in [0.1, 0.15) is 11.5 Å². The van der Waals surface area contributed by atoms with Gasteiger partial charge in [-0.25, -0.2) is 0 Å². The Morgan fingerprint density at radius 1 is 0.941 bits per heavy atom. The van der Waals surface area contributed by atoms with Crippen LogP contribution in [0.25, 0.3) is 0 Å². The van der Waals surface area contributed by atoms with E-state index >= 15 is 0 Å². The highest BCUT2D eigenvalue weighted by Gasteiger charge is 2.02. The number of aryl methyl sites for hydroxylation is 1. The molecule has 0 spiro atoms. The van der Waals surface area contributed by atoms with Crippen molar-refractivity contribution >= 4 is 5.69 Å². The SMILES string of the molecule is CNc1ccc(Oc2cccc(C)c2C)cc1. The molecule has 0 saturated carbocycles. The Hall–Kier alpha value is -1.96. The standard InChI is InChI=1S/C15H17NO/c1-11-5-4-6-15(12(11)2)17-14-9-7-13(16-3)8-10-14/h4-10,16H,1-3H3. The van der Waals surface area contributed by atoms with Crippen LogP contribution in [0.15, 0.2) is 42.5 Å². The first kappa shape index (κ1) is 11.5. The maximum Gasteiger partial charge on any atom is 0.130 e.